The average molecular weight is 716 g/mol. The molecule has 0 unspecified atom stereocenters. The first kappa shape index (κ1) is 32.2. The van der Waals surface area contributed by atoms with Crippen LogP contribution in [0.15, 0.2) is 194 Å². The number of aromatic nitrogens is 3. The van der Waals surface area contributed by atoms with Crippen LogP contribution in [0.25, 0.3) is 94.9 Å². The molecule has 1 aliphatic rings. The Kier molecular flexibility index (Phi) is 7.63. The molecule has 0 amide bonds. The number of benzene rings is 7. The molecule has 0 atom stereocenters. The van der Waals surface area contributed by atoms with Crippen LogP contribution < -0.4 is 0 Å². The van der Waals surface area contributed by atoms with Crippen LogP contribution in [0.4, 0.5) is 0 Å². The molecule has 0 radical (unpaired) electrons. The number of hydrogen-bond donors (Lipinski definition) is 0. The molecule has 0 spiro atoms. The van der Waals surface area contributed by atoms with Gasteiger partial charge in [-0.15, -0.1) is 0 Å². The van der Waals surface area contributed by atoms with Gasteiger partial charge in [0.05, 0.1) is 27.9 Å². The Morgan fingerprint density at radius 2 is 0.857 bits per heavy atom. The van der Waals surface area contributed by atoms with Crippen molar-refractivity contribution in [2.45, 2.75) is 12.8 Å². The van der Waals surface area contributed by atoms with E-state index in [2.05, 4.69) is 209 Å². The number of para-hydroxylation sites is 3. The largest absolute Gasteiger partial charge is 0.310 e. The van der Waals surface area contributed by atoms with Crippen molar-refractivity contribution in [2.75, 3.05) is 0 Å². The Morgan fingerprint density at radius 1 is 0.375 bits per heavy atom. The zero-order chi connectivity index (χ0) is 37.0. The molecule has 0 saturated carbocycles. The van der Waals surface area contributed by atoms with E-state index in [1.54, 1.807) is 0 Å². The Hall–Kier alpha value is -7.23. The molecule has 0 N–H and O–H groups in total. The van der Waals surface area contributed by atoms with Crippen molar-refractivity contribution >= 4 is 38.8 Å². The SMILES string of the molecule is C1=Cc2c(c3ccccc3n2-c2cccc(-c3cc(-c4ccc(-c5ccccc5)cc4)cc(-c4cccc(-n5c6ccccc6c6ccccc65)c4)n3)c2)CC1. The lowest BCUT2D eigenvalue weighted by atomic mass is 9.97. The van der Waals surface area contributed by atoms with Crippen molar-refractivity contribution in [3.8, 4) is 56.1 Å². The van der Waals surface area contributed by atoms with Gasteiger partial charge < -0.3 is 9.13 Å². The molecule has 0 saturated heterocycles. The Morgan fingerprint density at radius 3 is 1.48 bits per heavy atom. The van der Waals surface area contributed by atoms with Gasteiger partial charge in [0.1, 0.15) is 0 Å². The summed E-state index contributed by atoms with van der Waals surface area (Å²) in [5.41, 5.74) is 17.3. The molecular formula is C53H37N3. The van der Waals surface area contributed by atoms with Crippen LogP contribution in [0.3, 0.4) is 0 Å². The summed E-state index contributed by atoms with van der Waals surface area (Å²) in [7, 11) is 0. The van der Waals surface area contributed by atoms with Crippen molar-refractivity contribution in [1.82, 2.24) is 14.1 Å². The van der Waals surface area contributed by atoms with Crippen molar-refractivity contribution < 1.29 is 0 Å². The number of fused-ring (bicyclic) bond motifs is 6. The van der Waals surface area contributed by atoms with E-state index in [9.17, 15) is 0 Å². The highest BCUT2D eigenvalue weighted by Crippen LogP contribution is 2.38. The maximum atomic E-state index is 5.45. The van der Waals surface area contributed by atoms with Gasteiger partial charge in [0.2, 0.25) is 0 Å². The number of aryl methyl sites for hydroxylation is 1. The molecule has 3 aromatic heterocycles. The number of rotatable bonds is 6. The summed E-state index contributed by atoms with van der Waals surface area (Å²) in [4.78, 5) is 5.45. The van der Waals surface area contributed by atoms with Crippen LogP contribution in [-0.4, -0.2) is 14.1 Å². The predicted molar refractivity (Wildman–Crippen MR) is 235 cm³/mol. The van der Waals surface area contributed by atoms with Crippen molar-refractivity contribution in [1.29, 1.82) is 0 Å². The van der Waals surface area contributed by atoms with Crippen molar-refractivity contribution in [2.24, 2.45) is 0 Å². The molecule has 0 fully saturated rings. The normalized spacial score (nSPS) is 12.4. The zero-order valence-corrected chi connectivity index (χ0v) is 30.8. The lowest BCUT2D eigenvalue weighted by molar-refractivity contribution is 0.967. The predicted octanol–water partition coefficient (Wildman–Crippen LogP) is 13.7. The van der Waals surface area contributed by atoms with Crippen LogP contribution >= 0.6 is 0 Å². The number of hydrogen-bond acceptors (Lipinski definition) is 1. The molecule has 0 bridgehead atoms. The summed E-state index contributed by atoms with van der Waals surface area (Å²) < 4.78 is 4.80. The van der Waals surface area contributed by atoms with E-state index in [0.717, 1.165) is 57.9 Å². The van der Waals surface area contributed by atoms with Gasteiger partial charge in [-0.3, -0.25) is 0 Å². The van der Waals surface area contributed by atoms with Crippen molar-refractivity contribution in [3.63, 3.8) is 0 Å². The van der Waals surface area contributed by atoms with Crippen LogP contribution in [0, 0.1) is 0 Å². The second-order valence-corrected chi connectivity index (χ2v) is 14.7. The Bertz CT molecular complexity index is 3070. The van der Waals surface area contributed by atoms with Gasteiger partial charge in [-0.25, -0.2) is 4.98 Å². The van der Waals surface area contributed by atoms with Gasteiger partial charge in [-0.2, -0.15) is 0 Å². The lowest BCUT2D eigenvalue weighted by Crippen LogP contribution is -2.01. The van der Waals surface area contributed by atoms with Gasteiger partial charge in [0, 0.05) is 44.4 Å². The minimum Gasteiger partial charge on any atom is -0.310 e. The molecule has 1 aliphatic carbocycles. The van der Waals surface area contributed by atoms with E-state index in [1.165, 1.54) is 55.1 Å². The quantitative estimate of drug-likeness (QED) is 0.168. The molecule has 3 heteroatoms. The maximum Gasteiger partial charge on any atom is 0.0716 e. The van der Waals surface area contributed by atoms with Crippen LogP contribution in [0.1, 0.15) is 17.7 Å². The number of allylic oxidation sites excluding steroid dienone is 1. The second-order valence-electron chi connectivity index (χ2n) is 14.7. The summed E-state index contributed by atoms with van der Waals surface area (Å²) in [5, 5.41) is 3.84. The van der Waals surface area contributed by atoms with Crippen LogP contribution in [0.2, 0.25) is 0 Å². The van der Waals surface area contributed by atoms with E-state index >= 15 is 0 Å². The van der Waals surface area contributed by atoms with Gasteiger partial charge in [-0.1, -0.05) is 140 Å². The summed E-state index contributed by atoms with van der Waals surface area (Å²) in [5.74, 6) is 0. The summed E-state index contributed by atoms with van der Waals surface area (Å²) in [6.45, 7) is 0. The highest BCUT2D eigenvalue weighted by Gasteiger charge is 2.19. The molecule has 3 nitrogen and oxygen atoms in total. The molecule has 11 rings (SSSR count). The van der Waals surface area contributed by atoms with E-state index in [1.807, 2.05) is 0 Å². The minimum atomic E-state index is 0.935. The lowest BCUT2D eigenvalue weighted by Gasteiger charge is -2.15. The topological polar surface area (TPSA) is 22.8 Å². The third-order valence-electron chi connectivity index (χ3n) is 11.4. The molecule has 0 aliphatic heterocycles. The first-order valence-electron chi connectivity index (χ1n) is 19.4. The third-order valence-corrected chi connectivity index (χ3v) is 11.4. The minimum absolute atomic E-state index is 0.935. The number of pyridine rings is 1. The van der Waals surface area contributed by atoms with Crippen LogP contribution in [0.5, 0.6) is 0 Å². The van der Waals surface area contributed by atoms with Crippen molar-refractivity contribution in [3.05, 3.63) is 205 Å². The van der Waals surface area contributed by atoms with Gasteiger partial charge >= 0.3 is 0 Å². The molecule has 3 heterocycles. The zero-order valence-electron chi connectivity index (χ0n) is 30.8. The fourth-order valence-electron chi connectivity index (χ4n) is 8.75. The fraction of sp³-hybridized carbons (Fsp3) is 0.0377. The first-order chi connectivity index (χ1) is 27.8. The summed E-state index contributed by atoms with van der Waals surface area (Å²) >= 11 is 0. The van der Waals surface area contributed by atoms with Crippen LogP contribution in [-0.2, 0) is 6.42 Å². The molecule has 7 aromatic carbocycles. The second kappa shape index (κ2) is 13.3. The molecule has 264 valence electrons. The Balaban J connectivity index is 1.08. The monoisotopic (exact) mass is 715 g/mol. The highest BCUT2D eigenvalue weighted by atomic mass is 15.0. The summed E-state index contributed by atoms with van der Waals surface area (Å²) in [6, 6.07) is 67.9. The van der Waals surface area contributed by atoms with E-state index in [-0.39, 0.29) is 0 Å². The van der Waals surface area contributed by atoms with Gasteiger partial charge in [0.15, 0.2) is 0 Å². The number of nitrogens with zero attached hydrogens (tertiary/aromatic N) is 3. The summed E-state index contributed by atoms with van der Waals surface area (Å²) in [6.07, 6.45) is 6.73. The highest BCUT2D eigenvalue weighted by molar-refractivity contribution is 6.09. The Labute approximate surface area is 326 Å². The smallest absolute Gasteiger partial charge is 0.0716 e. The van der Waals surface area contributed by atoms with E-state index < -0.39 is 0 Å². The van der Waals surface area contributed by atoms with Gasteiger partial charge in [0.25, 0.3) is 0 Å². The standard InChI is InChI=1S/C53H37N3/c1-2-14-36(15-3-1)37-28-30-38(31-29-37)41-34-48(39-16-12-18-42(32-39)55-50-24-8-4-20-44(50)45-21-5-9-25-51(45)55)54-49(35-41)40-17-13-19-43(33-40)56-52-26-10-6-22-46(52)47-23-7-11-27-53(47)56/h1-6,8-22,24-35H,7,23H2. The van der Waals surface area contributed by atoms with E-state index in [0.29, 0.717) is 0 Å². The molecule has 56 heavy (non-hydrogen) atoms. The maximum absolute atomic E-state index is 5.45. The fourth-order valence-corrected chi connectivity index (χ4v) is 8.75. The third kappa shape index (κ3) is 5.39. The van der Waals surface area contributed by atoms with E-state index in [4.69, 9.17) is 4.98 Å². The molecular weight excluding hydrogens is 679 g/mol. The average Bonchev–Trinajstić information content (AvgIpc) is 3.80. The first-order valence-corrected chi connectivity index (χ1v) is 19.4. The van der Waals surface area contributed by atoms with Gasteiger partial charge in [-0.05, 0) is 101 Å². The molecule has 10 aromatic rings.